The van der Waals surface area contributed by atoms with E-state index in [4.69, 9.17) is 13.6 Å². The van der Waals surface area contributed by atoms with Gasteiger partial charge in [-0.15, -0.1) is 0 Å². The minimum atomic E-state index is -5.32. The van der Waals surface area contributed by atoms with Gasteiger partial charge in [0.2, 0.25) is 11.8 Å². The molecule has 4 amide bonds. The van der Waals surface area contributed by atoms with Gasteiger partial charge in [-0.05, 0) is 98.2 Å². The molecule has 3 aliphatic heterocycles. The minimum absolute atomic E-state index is 0.0164. The molecule has 4 aliphatic rings. The van der Waals surface area contributed by atoms with E-state index in [0.29, 0.717) is 71.3 Å². The van der Waals surface area contributed by atoms with Crippen molar-refractivity contribution in [2.24, 2.45) is 17.9 Å². The summed E-state index contributed by atoms with van der Waals surface area (Å²) in [6.07, 6.45) is 5.19. The number of carbonyl (C=O) groups is 4. The maximum atomic E-state index is 16.9. The van der Waals surface area contributed by atoms with Gasteiger partial charge in [0.15, 0.2) is 11.3 Å². The Labute approximate surface area is 465 Å². The average molecular weight is 1150 g/mol. The minimum Gasteiger partial charge on any atom is -0.359 e. The van der Waals surface area contributed by atoms with E-state index in [0.717, 1.165) is 36.1 Å². The summed E-state index contributed by atoms with van der Waals surface area (Å²) in [7, 11) is -3.64. The summed E-state index contributed by atoms with van der Waals surface area (Å²) in [6.45, 7) is 12.0. The Kier molecular flexibility index (Phi) is 16.6. The van der Waals surface area contributed by atoms with Gasteiger partial charge in [-0.3, -0.25) is 28.5 Å². The number of rotatable bonds is 15. The second-order valence-electron chi connectivity index (χ2n) is 23.5. The lowest BCUT2D eigenvalue weighted by molar-refractivity contribution is -0.148. The number of pyridine rings is 1. The van der Waals surface area contributed by atoms with Crippen molar-refractivity contribution in [2.75, 3.05) is 44.4 Å². The third kappa shape index (κ3) is 12.1. The molecule has 2 aromatic heterocycles. The molecule has 3 N–H and O–H groups in total. The summed E-state index contributed by atoms with van der Waals surface area (Å²) in [6, 6.07) is 14.2. The van der Waals surface area contributed by atoms with Crippen LogP contribution in [0.4, 0.5) is 8.78 Å². The van der Waals surface area contributed by atoms with Crippen LogP contribution in [-0.2, 0) is 35.9 Å². The molecule has 1 aliphatic carbocycles. The molecule has 4 fully saturated rings. The number of aromatic nitrogens is 2. The number of aliphatic hydroxyl groups is 2. The Morgan fingerprint density at radius 2 is 1.53 bits per heavy atom. The number of nitrogens with one attached hydrogen (secondary N) is 1. The number of amides is 4. The zero-order chi connectivity index (χ0) is 57.0. The monoisotopic (exact) mass is 1150 g/mol. The summed E-state index contributed by atoms with van der Waals surface area (Å²) in [5.74, 6) is -2.02. The summed E-state index contributed by atoms with van der Waals surface area (Å²) >= 11 is 0.798. The molecular formula is C57H71F2N6O11PS2. The van der Waals surface area contributed by atoms with Gasteiger partial charge < -0.3 is 48.4 Å². The fourth-order valence-electron chi connectivity index (χ4n) is 10.7. The maximum absolute atomic E-state index is 16.9. The van der Waals surface area contributed by atoms with Gasteiger partial charge >= 0.3 is 13.3 Å². The summed E-state index contributed by atoms with van der Waals surface area (Å²) in [4.78, 5) is 77.0. The fraction of sp³-hybridized carbons (Fsp3) is 0.509. The molecule has 9 rings (SSSR count). The Balaban J connectivity index is 0.998. The van der Waals surface area contributed by atoms with Crippen molar-refractivity contribution < 1.29 is 56.3 Å². The first-order valence-electron chi connectivity index (χ1n) is 26.8. The number of fused-ring (bicyclic) bond motifs is 3. The number of thiol groups is 2. The van der Waals surface area contributed by atoms with Crippen LogP contribution >= 0.6 is 30.3 Å². The first-order chi connectivity index (χ1) is 37.2. The van der Waals surface area contributed by atoms with Gasteiger partial charge in [-0.25, -0.2) is 0 Å². The Hall–Kier alpha value is -5.41. The molecule has 22 heteroatoms. The van der Waals surface area contributed by atoms with Crippen LogP contribution in [0.2, 0.25) is 0 Å². The van der Waals surface area contributed by atoms with E-state index in [1.54, 1.807) is 84.0 Å². The number of nitrogens with zero attached hydrogens (tertiary/aromatic N) is 5. The second-order valence-corrected chi connectivity index (χ2v) is 27.9. The second kappa shape index (κ2) is 22.5. The van der Waals surface area contributed by atoms with Gasteiger partial charge in [-0.2, -0.15) is 31.5 Å². The molecule has 17 nitrogen and oxygen atoms in total. The molecular weight excluding hydrogens is 1080 g/mol. The predicted octanol–water partition coefficient (Wildman–Crippen LogP) is 9.22. The lowest BCUT2D eigenvalue weighted by Crippen LogP contribution is -2.61. The van der Waals surface area contributed by atoms with Crippen LogP contribution in [0, 0.1) is 17.8 Å². The van der Waals surface area contributed by atoms with Crippen LogP contribution < -0.4 is 10.9 Å². The zero-order valence-electron chi connectivity index (χ0n) is 45.8. The van der Waals surface area contributed by atoms with Crippen LogP contribution in [0.5, 0.6) is 0 Å². The van der Waals surface area contributed by atoms with Crippen molar-refractivity contribution in [1.29, 1.82) is 0 Å². The molecule has 0 radical (unpaired) electrons. The van der Waals surface area contributed by atoms with E-state index >= 15 is 13.6 Å². The van der Waals surface area contributed by atoms with Crippen molar-refractivity contribution in [3.8, 4) is 0 Å². The Bertz CT molecular complexity index is 3340. The first kappa shape index (κ1) is 58.3. The number of aliphatic hydroxyl groups excluding tert-OH is 2. The molecule has 4 atom stereocenters. The number of aryl methyl sites for hydroxylation is 2. The SMILES string of the molecule is Cc1ccc2onc(C(=O)N3CC[C@H]4CC[C@@H](C(=O)N5C[C@@H](c6ccn(C)c(=O)c6)CC56CC6)N4C(=O)[C@@H](NC(=O)c4ccc5ccc(C(F)(F)P(=O)(OCC[SH]=C(O)C(C)(C)C)OCC[SH]=C(O)C(C)(C)C)cc5c4)C3)c2c1. The van der Waals surface area contributed by atoms with Crippen molar-refractivity contribution in [1.82, 2.24) is 29.7 Å². The smallest absolute Gasteiger partial charge is 0.359 e. The summed E-state index contributed by atoms with van der Waals surface area (Å²) in [5.41, 5.74) is -4.47. The quantitative estimate of drug-likeness (QED) is 0.0287. The lowest BCUT2D eigenvalue weighted by Gasteiger charge is -2.40. The summed E-state index contributed by atoms with van der Waals surface area (Å²) in [5, 5.41) is 29.3. The van der Waals surface area contributed by atoms with Crippen LogP contribution in [0.15, 0.2) is 82.2 Å². The Morgan fingerprint density at radius 3 is 2.18 bits per heavy atom. The van der Waals surface area contributed by atoms with E-state index < -0.39 is 78.7 Å². The molecule has 1 spiro atoms. The third-order valence-electron chi connectivity index (χ3n) is 15.6. The van der Waals surface area contributed by atoms with Crippen molar-refractivity contribution >= 4 is 85.8 Å². The molecule has 79 heavy (non-hydrogen) atoms. The fourth-order valence-corrected chi connectivity index (χ4v) is 14.3. The Morgan fingerprint density at radius 1 is 0.861 bits per heavy atom. The van der Waals surface area contributed by atoms with Crippen molar-refractivity contribution in [2.45, 2.75) is 122 Å². The highest BCUT2D eigenvalue weighted by Crippen LogP contribution is 2.67. The molecule has 5 aromatic rings. The molecule has 1 saturated carbocycles. The van der Waals surface area contributed by atoms with Gasteiger partial charge in [0.05, 0.1) is 35.2 Å². The third-order valence-corrected chi connectivity index (χ3v) is 20.3. The average Bonchev–Trinajstić information content (AvgIpc) is 3.98. The van der Waals surface area contributed by atoms with E-state index in [9.17, 15) is 34.0 Å². The molecule has 0 unspecified atom stereocenters. The number of hydrogen-bond donors (Lipinski definition) is 5. The lowest BCUT2D eigenvalue weighted by atomic mass is 9.96. The van der Waals surface area contributed by atoms with Gasteiger partial charge in [0, 0.05) is 83.4 Å². The molecule has 0 bridgehead atoms. The van der Waals surface area contributed by atoms with Gasteiger partial charge in [0.25, 0.3) is 17.4 Å². The first-order valence-corrected chi connectivity index (χ1v) is 30.5. The number of halogens is 2. The van der Waals surface area contributed by atoms with Gasteiger partial charge in [0.1, 0.15) is 12.1 Å². The number of benzene rings is 3. The normalized spacial score (nSPS) is 22.0. The number of carbonyl (C=O) groups excluding carboxylic acids is 4. The molecule has 5 heterocycles. The number of alkyl halides is 2. The van der Waals surface area contributed by atoms with E-state index in [1.165, 1.54) is 27.7 Å². The molecule has 3 aromatic carbocycles. The van der Waals surface area contributed by atoms with E-state index in [-0.39, 0.29) is 74.3 Å². The van der Waals surface area contributed by atoms with Gasteiger partial charge in [-0.1, -0.05) is 76.5 Å². The van der Waals surface area contributed by atoms with Crippen LogP contribution in [0.25, 0.3) is 21.7 Å². The molecule has 3 saturated heterocycles. The highest BCUT2D eigenvalue weighted by molar-refractivity contribution is 7.98. The van der Waals surface area contributed by atoms with Crippen LogP contribution in [0.1, 0.15) is 124 Å². The standard InChI is InChI=1S/C57H71F2N6O11PS2/c1-34-9-16-45-42(27-34)47(61-76-45)51(70)63-22-18-41-14-15-44(50(69)64-32-39(31-56(64)19-20-56)36-17-21-62(8)46(66)30-36)65(41)49(68)43(33-63)60-48(67)37-11-10-35-12-13-40(29-38(35)28-37)57(58,59)77(73,74-23-25-78-52(71)54(2,3)4)75-24-26-79-53(72)55(5,6)7/h9-13,16-17,21,27-30,39,41,43-44,71-72,78-79H,14-15,18-20,22-26,31-33H2,1-8H3,(H,60,67)/t39-,41+,43-,44-/m0/s1. The number of likely N-dealkylation sites (tertiary alicyclic amines) is 1. The largest absolute Gasteiger partial charge is 0.404 e. The molecule has 426 valence electrons. The zero-order valence-corrected chi connectivity index (χ0v) is 48.5. The van der Waals surface area contributed by atoms with Crippen molar-refractivity contribution in [3.05, 3.63) is 111 Å². The topological polar surface area (TPSA) is 214 Å². The van der Waals surface area contributed by atoms with Crippen LogP contribution in [0.3, 0.4) is 0 Å². The van der Waals surface area contributed by atoms with Crippen molar-refractivity contribution in [3.63, 3.8) is 0 Å². The van der Waals surface area contributed by atoms with E-state index in [2.05, 4.69) is 10.5 Å². The predicted molar refractivity (Wildman–Crippen MR) is 306 cm³/mol. The van der Waals surface area contributed by atoms with E-state index in [1.807, 2.05) is 24.0 Å². The highest BCUT2D eigenvalue weighted by Gasteiger charge is 2.59. The summed E-state index contributed by atoms with van der Waals surface area (Å²) < 4.78 is 66.2. The maximum Gasteiger partial charge on any atom is 0.404 e. The number of hydrogen-bond acceptors (Lipinski definition) is 10. The highest BCUT2D eigenvalue weighted by atomic mass is 32.1. The van der Waals surface area contributed by atoms with Crippen LogP contribution in [-0.4, -0.2) is 136 Å².